The first kappa shape index (κ1) is 10.9. The highest BCUT2D eigenvalue weighted by Crippen LogP contribution is 2.05. The molecule has 0 unspecified atom stereocenters. The molecule has 0 aromatic rings. The third-order valence-electron chi connectivity index (χ3n) is 1.52. The zero-order valence-electron chi connectivity index (χ0n) is 7.50. The molecule has 0 amide bonds. The second kappa shape index (κ2) is 5.52. The number of carbonyl (C=O) groups is 2. The van der Waals surface area contributed by atoms with Gasteiger partial charge in [-0.25, -0.2) is 0 Å². The van der Waals surface area contributed by atoms with E-state index in [0.717, 1.165) is 0 Å². The molecule has 0 saturated heterocycles. The van der Waals surface area contributed by atoms with Gasteiger partial charge in [-0.15, -0.1) is 6.58 Å². The summed E-state index contributed by atoms with van der Waals surface area (Å²) in [6.45, 7) is 5.42. The summed E-state index contributed by atoms with van der Waals surface area (Å²) in [5.41, 5.74) is 0. The van der Waals surface area contributed by atoms with Crippen molar-refractivity contribution in [3.05, 3.63) is 12.7 Å². The molecule has 68 valence electrons. The van der Waals surface area contributed by atoms with Gasteiger partial charge >= 0.3 is 5.97 Å². The van der Waals surface area contributed by atoms with Crippen molar-refractivity contribution in [3.63, 3.8) is 0 Å². The van der Waals surface area contributed by atoms with Gasteiger partial charge in [0.1, 0.15) is 12.2 Å². The highest BCUT2D eigenvalue weighted by Gasteiger charge is 2.11. The quantitative estimate of drug-likeness (QED) is 0.355. The molecule has 0 aliphatic heterocycles. The number of hydrogen-bond acceptors (Lipinski definition) is 3. The summed E-state index contributed by atoms with van der Waals surface area (Å²) in [5, 5.41) is 0. The number of ketones is 1. The molecule has 0 aromatic carbocycles. The molecule has 0 aliphatic carbocycles. The summed E-state index contributed by atoms with van der Waals surface area (Å²) < 4.78 is 4.35. The van der Waals surface area contributed by atoms with Crippen LogP contribution in [0.4, 0.5) is 0 Å². The van der Waals surface area contributed by atoms with Crippen molar-refractivity contribution in [1.29, 1.82) is 0 Å². The standard InChI is InChI=1S/C9H14O3/c1-4-7(2)5-8(10)6-9(11)12-3/h4,7H,1,5-6H2,2-3H3/t7-/m1/s1. The van der Waals surface area contributed by atoms with E-state index in [4.69, 9.17) is 0 Å². The van der Waals surface area contributed by atoms with Crippen LogP contribution in [0.3, 0.4) is 0 Å². The Bertz CT molecular complexity index is 184. The molecule has 3 heteroatoms. The maximum Gasteiger partial charge on any atom is 0.313 e. The fraction of sp³-hybridized carbons (Fsp3) is 0.556. The van der Waals surface area contributed by atoms with Crippen molar-refractivity contribution >= 4 is 11.8 Å². The summed E-state index contributed by atoms with van der Waals surface area (Å²) in [6.07, 6.45) is 1.92. The van der Waals surface area contributed by atoms with Gasteiger partial charge in [0.05, 0.1) is 7.11 Å². The molecule has 0 bridgehead atoms. The predicted molar refractivity (Wildman–Crippen MR) is 45.6 cm³/mol. The van der Waals surface area contributed by atoms with Crippen LogP contribution >= 0.6 is 0 Å². The molecule has 0 saturated carbocycles. The zero-order valence-corrected chi connectivity index (χ0v) is 7.50. The molecule has 0 N–H and O–H groups in total. The second-order valence-corrected chi connectivity index (χ2v) is 2.71. The van der Waals surface area contributed by atoms with E-state index in [9.17, 15) is 9.59 Å². The van der Waals surface area contributed by atoms with Crippen molar-refractivity contribution in [2.24, 2.45) is 5.92 Å². The number of esters is 1. The van der Waals surface area contributed by atoms with Gasteiger partial charge in [-0.05, 0) is 5.92 Å². The molecule has 0 fully saturated rings. The van der Waals surface area contributed by atoms with E-state index in [0.29, 0.717) is 6.42 Å². The Labute approximate surface area is 72.4 Å². The lowest BCUT2D eigenvalue weighted by Gasteiger charge is -2.02. The minimum absolute atomic E-state index is 0.103. The third-order valence-corrected chi connectivity index (χ3v) is 1.52. The maximum absolute atomic E-state index is 11.0. The van der Waals surface area contributed by atoms with Gasteiger partial charge in [0.25, 0.3) is 0 Å². The fourth-order valence-electron chi connectivity index (χ4n) is 0.748. The summed E-state index contributed by atoms with van der Waals surface area (Å²) in [5.74, 6) is -0.451. The van der Waals surface area contributed by atoms with E-state index in [1.807, 2.05) is 6.92 Å². The van der Waals surface area contributed by atoms with E-state index in [1.54, 1.807) is 6.08 Å². The smallest absolute Gasteiger partial charge is 0.313 e. The molecular formula is C9H14O3. The van der Waals surface area contributed by atoms with Crippen molar-refractivity contribution in [3.8, 4) is 0 Å². The largest absolute Gasteiger partial charge is 0.469 e. The van der Waals surface area contributed by atoms with Crippen molar-refractivity contribution in [2.75, 3.05) is 7.11 Å². The third kappa shape index (κ3) is 4.66. The number of carbonyl (C=O) groups excluding carboxylic acids is 2. The van der Waals surface area contributed by atoms with E-state index >= 15 is 0 Å². The van der Waals surface area contributed by atoms with Crippen molar-refractivity contribution in [2.45, 2.75) is 19.8 Å². The molecule has 0 spiro atoms. The Kier molecular flexibility index (Phi) is 5.00. The Balaban J connectivity index is 3.74. The molecule has 1 atom stereocenters. The lowest BCUT2D eigenvalue weighted by molar-refractivity contribution is -0.143. The van der Waals surface area contributed by atoms with Crippen LogP contribution in [0.2, 0.25) is 0 Å². The normalized spacial score (nSPS) is 11.8. The van der Waals surface area contributed by atoms with Crippen LogP contribution in [0.25, 0.3) is 0 Å². The minimum atomic E-state index is -0.476. The molecule has 3 nitrogen and oxygen atoms in total. The average Bonchev–Trinajstić information content (AvgIpc) is 2.03. The first-order valence-corrected chi connectivity index (χ1v) is 3.81. The van der Waals surface area contributed by atoms with Crippen LogP contribution in [0.15, 0.2) is 12.7 Å². The zero-order chi connectivity index (χ0) is 9.56. The number of hydrogen-bond donors (Lipinski definition) is 0. The van der Waals surface area contributed by atoms with Crippen LogP contribution in [0.5, 0.6) is 0 Å². The van der Waals surface area contributed by atoms with E-state index < -0.39 is 5.97 Å². The van der Waals surface area contributed by atoms with Crippen LogP contribution in [0, 0.1) is 5.92 Å². The van der Waals surface area contributed by atoms with E-state index in [1.165, 1.54) is 7.11 Å². The van der Waals surface area contributed by atoms with Gasteiger partial charge in [-0.3, -0.25) is 9.59 Å². The van der Waals surface area contributed by atoms with Gasteiger partial charge in [0.15, 0.2) is 0 Å². The molecule has 0 rings (SSSR count). The molecule has 0 aromatic heterocycles. The second-order valence-electron chi connectivity index (χ2n) is 2.71. The Hall–Kier alpha value is -1.12. The summed E-state index contributed by atoms with van der Waals surface area (Å²) in [4.78, 5) is 21.7. The topological polar surface area (TPSA) is 43.4 Å². The number of rotatable bonds is 5. The van der Waals surface area contributed by atoms with Gasteiger partial charge in [-0.1, -0.05) is 13.0 Å². The van der Waals surface area contributed by atoms with Crippen LogP contribution in [0.1, 0.15) is 19.8 Å². The Morgan fingerprint density at radius 2 is 2.17 bits per heavy atom. The lowest BCUT2D eigenvalue weighted by Crippen LogP contribution is -2.11. The maximum atomic E-state index is 11.0. The Morgan fingerprint density at radius 1 is 1.58 bits per heavy atom. The molecule has 0 heterocycles. The first-order valence-electron chi connectivity index (χ1n) is 3.81. The van der Waals surface area contributed by atoms with Gasteiger partial charge in [0, 0.05) is 6.42 Å². The van der Waals surface area contributed by atoms with E-state index in [-0.39, 0.29) is 18.1 Å². The van der Waals surface area contributed by atoms with Crippen LogP contribution < -0.4 is 0 Å². The van der Waals surface area contributed by atoms with E-state index in [2.05, 4.69) is 11.3 Å². The monoisotopic (exact) mass is 170 g/mol. The van der Waals surface area contributed by atoms with Crippen molar-refractivity contribution in [1.82, 2.24) is 0 Å². The number of methoxy groups -OCH3 is 1. The van der Waals surface area contributed by atoms with Gasteiger partial charge in [0.2, 0.25) is 0 Å². The van der Waals surface area contributed by atoms with Crippen molar-refractivity contribution < 1.29 is 14.3 Å². The number of ether oxygens (including phenoxy) is 1. The summed E-state index contributed by atoms with van der Waals surface area (Å²) in [7, 11) is 1.27. The summed E-state index contributed by atoms with van der Waals surface area (Å²) >= 11 is 0. The SMILES string of the molecule is C=C[C@@H](C)CC(=O)CC(=O)OC. The lowest BCUT2D eigenvalue weighted by atomic mass is 10.0. The fourth-order valence-corrected chi connectivity index (χ4v) is 0.748. The Morgan fingerprint density at radius 3 is 2.58 bits per heavy atom. The van der Waals surface area contributed by atoms with Crippen LogP contribution in [-0.2, 0) is 14.3 Å². The molecule has 0 radical (unpaired) electrons. The molecule has 0 aliphatic rings. The molecule has 12 heavy (non-hydrogen) atoms. The summed E-state index contributed by atoms with van der Waals surface area (Å²) in [6, 6.07) is 0. The van der Waals surface area contributed by atoms with Crippen LogP contribution in [-0.4, -0.2) is 18.9 Å². The van der Waals surface area contributed by atoms with Gasteiger partial charge < -0.3 is 4.74 Å². The number of Topliss-reactive ketones (excluding diaryl/α,β-unsaturated/α-hetero) is 1. The predicted octanol–water partition coefficient (Wildman–Crippen LogP) is 1.33. The number of allylic oxidation sites excluding steroid dienone is 1. The molecular weight excluding hydrogens is 156 g/mol. The minimum Gasteiger partial charge on any atom is -0.469 e. The first-order chi connectivity index (χ1) is 5.60. The highest BCUT2D eigenvalue weighted by atomic mass is 16.5. The highest BCUT2D eigenvalue weighted by molar-refractivity contribution is 5.95. The van der Waals surface area contributed by atoms with Gasteiger partial charge in [-0.2, -0.15) is 0 Å². The average molecular weight is 170 g/mol.